The van der Waals surface area contributed by atoms with E-state index in [2.05, 4.69) is 30.0 Å². The molecular formula is C17H18N6O3S. The molecule has 1 amide bonds. The zero-order chi connectivity index (χ0) is 19.2. The highest BCUT2D eigenvalue weighted by Gasteiger charge is 2.13. The second-order valence-corrected chi connectivity index (χ2v) is 6.34. The molecular weight excluding hydrogens is 368 g/mol. The number of hydrogen-bond donors (Lipinski definition) is 2. The van der Waals surface area contributed by atoms with E-state index in [0.717, 1.165) is 11.5 Å². The molecule has 3 aromatic heterocycles. The molecule has 9 nitrogen and oxygen atoms in total. The molecule has 10 heteroatoms. The predicted molar refractivity (Wildman–Crippen MR) is 102 cm³/mol. The average molecular weight is 386 g/mol. The first-order chi connectivity index (χ1) is 13.0. The number of carbonyl (C=O) groups excluding carboxylic acids is 1. The van der Waals surface area contributed by atoms with E-state index in [9.17, 15) is 4.79 Å². The van der Waals surface area contributed by atoms with Crippen LogP contribution in [-0.2, 0) is 0 Å². The molecule has 0 fully saturated rings. The average Bonchev–Trinajstić information content (AvgIpc) is 3.12. The number of anilines is 2. The van der Waals surface area contributed by atoms with Crippen molar-refractivity contribution in [2.75, 3.05) is 12.4 Å². The summed E-state index contributed by atoms with van der Waals surface area (Å²) in [5.41, 5.74) is 0.623. The Balaban J connectivity index is 1.74. The molecule has 0 aliphatic rings. The molecule has 0 atom stereocenters. The van der Waals surface area contributed by atoms with Crippen LogP contribution in [0.1, 0.15) is 13.8 Å². The minimum atomic E-state index is -0.586. The van der Waals surface area contributed by atoms with E-state index in [1.807, 2.05) is 19.9 Å². The second kappa shape index (κ2) is 8.41. The number of nitrogens with zero attached hydrogens (tertiary/aromatic N) is 4. The normalized spacial score (nSPS) is 10.5. The highest BCUT2D eigenvalue weighted by atomic mass is 32.1. The van der Waals surface area contributed by atoms with E-state index in [1.165, 1.54) is 7.05 Å². The van der Waals surface area contributed by atoms with Crippen molar-refractivity contribution < 1.29 is 14.3 Å². The van der Waals surface area contributed by atoms with E-state index in [1.54, 1.807) is 30.6 Å². The van der Waals surface area contributed by atoms with Crippen molar-refractivity contribution in [1.29, 1.82) is 0 Å². The molecule has 0 aliphatic heterocycles. The zero-order valence-corrected chi connectivity index (χ0v) is 15.8. The molecule has 0 bridgehead atoms. The van der Waals surface area contributed by atoms with Crippen LogP contribution >= 0.6 is 11.5 Å². The molecule has 0 saturated heterocycles. The van der Waals surface area contributed by atoms with E-state index < -0.39 is 6.09 Å². The fourth-order valence-corrected chi connectivity index (χ4v) is 2.63. The lowest BCUT2D eigenvalue weighted by molar-refractivity contribution is 0.203. The van der Waals surface area contributed by atoms with Crippen LogP contribution < -0.4 is 20.1 Å². The van der Waals surface area contributed by atoms with Crippen molar-refractivity contribution in [3.05, 3.63) is 36.7 Å². The number of ether oxygens (including phenoxy) is 2. The van der Waals surface area contributed by atoms with Crippen molar-refractivity contribution in [2.45, 2.75) is 20.0 Å². The number of nitrogens with one attached hydrogen (secondary N) is 2. The minimum Gasteiger partial charge on any atom is -0.489 e. The Morgan fingerprint density at radius 3 is 2.78 bits per heavy atom. The highest BCUT2D eigenvalue weighted by molar-refractivity contribution is 7.09. The quantitative estimate of drug-likeness (QED) is 0.664. The molecule has 2 N–H and O–H groups in total. The topological polar surface area (TPSA) is 111 Å². The maximum absolute atomic E-state index is 11.4. The predicted octanol–water partition coefficient (Wildman–Crippen LogP) is 3.24. The van der Waals surface area contributed by atoms with Gasteiger partial charge >= 0.3 is 6.09 Å². The fraction of sp³-hybridized carbons (Fsp3) is 0.235. The Bertz CT molecular complexity index is 913. The van der Waals surface area contributed by atoms with Crippen molar-refractivity contribution in [2.24, 2.45) is 0 Å². The summed E-state index contributed by atoms with van der Waals surface area (Å²) in [6.07, 6.45) is 2.71. The maximum atomic E-state index is 11.4. The molecule has 0 radical (unpaired) electrons. The van der Waals surface area contributed by atoms with Gasteiger partial charge in [-0.15, -0.1) is 0 Å². The lowest BCUT2D eigenvalue weighted by Crippen LogP contribution is -2.22. The van der Waals surface area contributed by atoms with Gasteiger partial charge in [0.2, 0.25) is 5.13 Å². The monoisotopic (exact) mass is 386 g/mol. The van der Waals surface area contributed by atoms with Crippen LogP contribution in [0.4, 0.5) is 15.7 Å². The number of aromatic nitrogens is 4. The summed E-state index contributed by atoms with van der Waals surface area (Å²) in [5, 5.41) is 5.89. The Morgan fingerprint density at radius 1 is 1.22 bits per heavy atom. The standard InChI is InChI=1S/C17H18N6O3S/c1-10(2)25-11-6-7-12(20-9-11)14-21-16(27-23-14)22-15-13(5-4-8-19-15)26-17(24)18-3/h4-10H,1-3H3,(H,18,24)(H,19,21,22,23). The van der Waals surface area contributed by atoms with Crippen LogP contribution in [0.2, 0.25) is 0 Å². The number of rotatable bonds is 6. The Labute approximate surface area is 160 Å². The molecule has 0 spiro atoms. The van der Waals surface area contributed by atoms with Gasteiger partial charge in [-0.25, -0.2) is 14.8 Å². The molecule has 27 heavy (non-hydrogen) atoms. The summed E-state index contributed by atoms with van der Waals surface area (Å²) in [6.45, 7) is 3.90. The second-order valence-electron chi connectivity index (χ2n) is 5.58. The Kier molecular flexibility index (Phi) is 5.77. The Hall–Kier alpha value is -3.27. The highest BCUT2D eigenvalue weighted by Crippen LogP contribution is 2.28. The third-order valence-electron chi connectivity index (χ3n) is 3.17. The van der Waals surface area contributed by atoms with E-state index >= 15 is 0 Å². The van der Waals surface area contributed by atoms with Gasteiger partial charge in [-0.3, -0.25) is 0 Å². The van der Waals surface area contributed by atoms with Crippen molar-refractivity contribution >= 4 is 28.6 Å². The van der Waals surface area contributed by atoms with Crippen LogP contribution in [0.15, 0.2) is 36.7 Å². The summed E-state index contributed by atoms with van der Waals surface area (Å²) in [7, 11) is 1.48. The zero-order valence-electron chi connectivity index (χ0n) is 15.0. The summed E-state index contributed by atoms with van der Waals surface area (Å²) in [6, 6.07) is 6.91. The third-order valence-corrected chi connectivity index (χ3v) is 3.80. The molecule has 3 rings (SSSR count). The van der Waals surface area contributed by atoms with E-state index in [0.29, 0.717) is 28.2 Å². The van der Waals surface area contributed by atoms with E-state index in [4.69, 9.17) is 9.47 Å². The van der Waals surface area contributed by atoms with Gasteiger partial charge in [-0.1, -0.05) is 0 Å². The van der Waals surface area contributed by atoms with Crippen molar-refractivity contribution in [1.82, 2.24) is 24.6 Å². The number of amides is 1. The van der Waals surface area contributed by atoms with Crippen molar-refractivity contribution in [3.63, 3.8) is 0 Å². The van der Waals surface area contributed by atoms with Gasteiger partial charge in [0.1, 0.15) is 11.4 Å². The molecule has 0 aliphatic carbocycles. The lowest BCUT2D eigenvalue weighted by atomic mass is 10.3. The number of pyridine rings is 2. The largest absolute Gasteiger partial charge is 0.489 e. The maximum Gasteiger partial charge on any atom is 0.412 e. The first kappa shape index (κ1) is 18.5. The van der Waals surface area contributed by atoms with Crippen LogP contribution in [-0.4, -0.2) is 38.6 Å². The molecule has 0 unspecified atom stereocenters. The third kappa shape index (κ3) is 4.88. The molecule has 0 saturated carbocycles. The number of hydrogen-bond acceptors (Lipinski definition) is 9. The van der Waals surface area contributed by atoms with Gasteiger partial charge < -0.3 is 20.1 Å². The first-order valence-corrected chi connectivity index (χ1v) is 8.91. The SMILES string of the molecule is CNC(=O)Oc1cccnc1Nc1nc(-c2ccc(OC(C)C)cn2)ns1. The minimum absolute atomic E-state index is 0.0791. The first-order valence-electron chi connectivity index (χ1n) is 8.13. The van der Waals surface area contributed by atoms with Crippen LogP contribution in [0.25, 0.3) is 11.5 Å². The van der Waals surface area contributed by atoms with E-state index in [-0.39, 0.29) is 11.9 Å². The van der Waals surface area contributed by atoms with Crippen LogP contribution in [0, 0.1) is 0 Å². The van der Waals surface area contributed by atoms with Gasteiger partial charge in [-0.2, -0.15) is 9.36 Å². The smallest absolute Gasteiger partial charge is 0.412 e. The summed E-state index contributed by atoms with van der Waals surface area (Å²) in [4.78, 5) is 24.3. The Morgan fingerprint density at radius 2 is 2.07 bits per heavy atom. The molecule has 3 heterocycles. The molecule has 140 valence electrons. The van der Waals surface area contributed by atoms with Crippen LogP contribution in [0.3, 0.4) is 0 Å². The van der Waals surface area contributed by atoms with Gasteiger partial charge in [0.05, 0.1) is 12.3 Å². The summed E-state index contributed by atoms with van der Waals surface area (Å²) >= 11 is 1.15. The summed E-state index contributed by atoms with van der Waals surface area (Å²) < 4.78 is 15.0. The molecule has 3 aromatic rings. The van der Waals surface area contributed by atoms with Crippen LogP contribution in [0.5, 0.6) is 11.5 Å². The number of carbonyl (C=O) groups is 1. The van der Waals surface area contributed by atoms with Gasteiger partial charge in [-0.05, 0) is 38.1 Å². The van der Waals surface area contributed by atoms with Gasteiger partial charge in [0.25, 0.3) is 0 Å². The van der Waals surface area contributed by atoms with Gasteiger partial charge in [0.15, 0.2) is 17.4 Å². The van der Waals surface area contributed by atoms with Crippen molar-refractivity contribution in [3.8, 4) is 23.0 Å². The fourth-order valence-electron chi connectivity index (χ4n) is 2.05. The molecule has 0 aromatic carbocycles. The van der Waals surface area contributed by atoms with Gasteiger partial charge in [0, 0.05) is 24.8 Å². The lowest BCUT2D eigenvalue weighted by Gasteiger charge is -2.08. The summed E-state index contributed by atoms with van der Waals surface area (Å²) in [5.74, 6) is 1.80.